The molecule has 0 aliphatic rings. The van der Waals surface area contributed by atoms with Crippen molar-refractivity contribution in [3.8, 4) is 0 Å². The number of amides is 2. The normalized spacial score (nSPS) is 10.8. The third-order valence-corrected chi connectivity index (χ3v) is 3.98. The summed E-state index contributed by atoms with van der Waals surface area (Å²) >= 11 is 0. The molecule has 5 heteroatoms. The molecule has 2 amide bonds. The van der Waals surface area contributed by atoms with E-state index in [0.29, 0.717) is 11.4 Å². The van der Waals surface area contributed by atoms with Crippen LogP contribution in [0.2, 0.25) is 0 Å². The Balaban J connectivity index is 1.79. The summed E-state index contributed by atoms with van der Waals surface area (Å²) in [6.07, 6.45) is 4.96. The van der Waals surface area contributed by atoms with Gasteiger partial charge in [-0.15, -0.1) is 0 Å². The van der Waals surface area contributed by atoms with Crippen LogP contribution < -0.4 is 10.6 Å². The molecule has 0 radical (unpaired) electrons. The van der Waals surface area contributed by atoms with Crippen molar-refractivity contribution < 1.29 is 9.59 Å². The summed E-state index contributed by atoms with van der Waals surface area (Å²) in [5.74, 6) is -0.402. The van der Waals surface area contributed by atoms with Gasteiger partial charge in [-0.2, -0.15) is 0 Å². The number of carbonyl (C=O) groups excluding carboxylic acids is 2. The second-order valence-corrected chi connectivity index (χ2v) is 5.90. The Bertz CT molecular complexity index is 1000. The van der Waals surface area contributed by atoms with Crippen LogP contribution in [0.4, 0.5) is 11.4 Å². The smallest absolute Gasteiger partial charge is 0.248 e. The largest absolute Gasteiger partial charge is 0.326 e. The predicted molar refractivity (Wildman–Crippen MR) is 105 cm³/mol. The minimum absolute atomic E-state index is 0.153. The van der Waals surface area contributed by atoms with Crippen molar-refractivity contribution in [1.82, 2.24) is 4.98 Å². The van der Waals surface area contributed by atoms with Crippen molar-refractivity contribution in [3.05, 3.63) is 71.9 Å². The Morgan fingerprint density at radius 2 is 1.65 bits per heavy atom. The lowest BCUT2D eigenvalue weighted by atomic mass is 10.1. The Morgan fingerprint density at radius 3 is 2.42 bits per heavy atom. The Kier molecular flexibility index (Phi) is 5.08. The summed E-state index contributed by atoms with van der Waals surface area (Å²) < 4.78 is 0. The van der Waals surface area contributed by atoms with Gasteiger partial charge >= 0.3 is 0 Å². The van der Waals surface area contributed by atoms with Crippen molar-refractivity contribution >= 4 is 40.2 Å². The van der Waals surface area contributed by atoms with Gasteiger partial charge in [-0.3, -0.25) is 14.6 Å². The number of nitrogens with zero attached hydrogens (tertiary/aromatic N) is 1. The minimum atomic E-state index is -0.249. The molecule has 0 saturated heterocycles. The topological polar surface area (TPSA) is 71.1 Å². The van der Waals surface area contributed by atoms with Crippen LogP contribution in [-0.4, -0.2) is 16.8 Å². The van der Waals surface area contributed by atoms with Crippen molar-refractivity contribution in [2.24, 2.45) is 0 Å². The highest BCUT2D eigenvalue weighted by Gasteiger charge is 2.07. The van der Waals surface area contributed by atoms with Crippen molar-refractivity contribution in [2.75, 3.05) is 10.6 Å². The SMILES string of the molecule is CC(=O)Nc1cccc(NC(=O)/C=C/c2cccc3cccnc23)c1C. The van der Waals surface area contributed by atoms with Crippen LogP contribution >= 0.6 is 0 Å². The zero-order valence-electron chi connectivity index (χ0n) is 14.6. The van der Waals surface area contributed by atoms with Gasteiger partial charge in [-0.05, 0) is 36.8 Å². The van der Waals surface area contributed by atoms with E-state index < -0.39 is 0 Å². The molecular formula is C21H19N3O2. The summed E-state index contributed by atoms with van der Waals surface area (Å²) in [5.41, 5.74) is 3.86. The number of nitrogens with one attached hydrogen (secondary N) is 2. The number of para-hydroxylation sites is 1. The van der Waals surface area contributed by atoms with Crippen LogP contribution in [0.3, 0.4) is 0 Å². The first-order valence-corrected chi connectivity index (χ1v) is 8.24. The number of hydrogen-bond acceptors (Lipinski definition) is 3. The molecule has 0 aliphatic carbocycles. The first-order chi connectivity index (χ1) is 12.5. The van der Waals surface area contributed by atoms with Gasteiger partial charge in [0, 0.05) is 41.5 Å². The van der Waals surface area contributed by atoms with Gasteiger partial charge in [0.2, 0.25) is 11.8 Å². The van der Waals surface area contributed by atoms with Crippen LogP contribution in [0.25, 0.3) is 17.0 Å². The third-order valence-electron chi connectivity index (χ3n) is 3.98. The average molecular weight is 345 g/mol. The van der Waals surface area contributed by atoms with E-state index in [-0.39, 0.29) is 11.8 Å². The number of carbonyl (C=O) groups is 2. The standard InChI is InChI=1S/C21H19N3O2/c1-14-18(23-15(2)25)9-4-10-19(14)24-20(26)12-11-17-7-3-6-16-8-5-13-22-21(16)17/h3-13H,1-2H3,(H,23,25)(H,24,26)/b12-11+. The summed E-state index contributed by atoms with van der Waals surface area (Å²) in [6, 6.07) is 15.1. The molecule has 26 heavy (non-hydrogen) atoms. The molecular weight excluding hydrogens is 326 g/mol. The maximum Gasteiger partial charge on any atom is 0.248 e. The summed E-state index contributed by atoms with van der Waals surface area (Å²) in [4.78, 5) is 27.9. The number of hydrogen-bond donors (Lipinski definition) is 2. The summed E-state index contributed by atoms with van der Waals surface area (Å²) in [6.45, 7) is 3.30. The molecule has 1 heterocycles. The first-order valence-electron chi connectivity index (χ1n) is 8.24. The predicted octanol–water partition coefficient (Wildman–Crippen LogP) is 4.15. The maximum atomic E-state index is 12.3. The van der Waals surface area contributed by atoms with Crippen molar-refractivity contribution in [1.29, 1.82) is 0 Å². The second kappa shape index (κ2) is 7.61. The van der Waals surface area contributed by atoms with Crippen molar-refractivity contribution in [2.45, 2.75) is 13.8 Å². The molecule has 0 fully saturated rings. The maximum absolute atomic E-state index is 12.3. The first kappa shape index (κ1) is 17.4. The molecule has 3 aromatic rings. The van der Waals surface area contributed by atoms with Crippen molar-refractivity contribution in [3.63, 3.8) is 0 Å². The summed E-state index contributed by atoms with van der Waals surface area (Å²) in [7, 11) is 0. The number of anilines is 2. The molecule has 1 aromatic heterocycles. The minimum Gasteiger partial charge on any atom is -0.326 e. The lowest BCUT2D eigenvalue weighted by Crippen LogP contribution is -2.12. The van der Waals surface area contributed by atoms with Gasteiger partial charge in [-0.1, -0.05) is 30.3 Å². The number of fused-ring (bicyclic) bond motifs is 1. The highest BCUT2D eigenvalue weighted by molar-refractivity contribution is 6.04. The quantitative estimate of drug-likeness (QED) is 0.698. The van der Waals surface area contributed by atoms with E-state index >= 15 is 0 Å². The lowest BCUT2D eigenvalue weighted by Gasteiger charge is -2.11. The molecule has 0 aliphatic heterocycles. The van der Waals surface area contributed by atoms with E-state index in [0.717, 1.165) is 22.0 Å². The fourth-order valence-corrected chi connectivity index (χ4v) is 2.70. The number of benzene rings is 2. The second-order valence-electron chi connectivity index (χ2n) is 5.90. The van der Waals surface area contributed by atoms with Gasteiger partial charge in [0.25, 0.3) is 0 Å². The molecule has 5 nitrogen and oxygen atoms in total. The zero-order chi connectivity index (χ0) is 18.5. The van der Waals surface area contributed by atoms with Gasteiger partial charge in [-0.25, -0.2) is 0 Å². The van der Waals surface area contributed by atoms with E-state index in [1.54, 1.807) is 30.5 Å². The van der Waals surface area contributed by atoms with Crippen LogP contribution in [0, 0.1) is 6.92 Å². The van der Waals surface area contributed by atoms with Gasteiger partial charge in [0.15, 0.2) is 0 Å². The molecule has 0 saturated carbocycles. The van der Waals surface area contributed by atoms with E-state index in [2.05, 4.69) is 15.6 Å². The zero-order valence-corrected chi connectivity index (χ0v) is 14.6. The highest BCUT2D eigenvalue weighted by atomic mass is 16.2. The van der Waals surface area contributed by atoms with Gasteiger partial charge in [0.05, 0.1) is 5.52 Å². The van der Waals surface area contributed by atoms with E-state index in [9.17, 15) is 9.59 Å². The monoisotopic (exact) mass is 345 g/mol. The summed E-state index contributed by atoms with van der Waals surface area (Å²) in [5, 5.41) is 6.62. The molecule has 130 valence electrons. The number of rotatable bonds is 4. The number of pyridine rings is 1. The van der Waals surface area contributed by atoms with E-state index in [1.165, 1.54) is 13.0 Å². The Morgan fingerprint density at radius 1 is 0.962 bits per heavy atom. The average Bonchev–Trinajstić information content (AvgIpc) is 2.63. The van der Waals surface area contributed by atoms with Crippen LogP contribution in [0.1, 0.15) is 18.1 Å². The van der Waals surface area contributed by atoms with Crippen LogP contribution in [-0.2, 0) is 9.59 Å². The fraction of sp³-hybridized carbons (Fsp3) is 0.0952. The van der Waals surface area contributed by atoms with Crippen LogP contribution in [0.15, 0.2) is 60.8 Å². The number of aromatic nitrogens is 1. The lowest BCUT2D eigenvalue weighted by molar-refractivity contribution is -0.114. The Hall–Kier alpha value is -3.47. The molecule has 2 N–H and O–H groups in total. The molecule has 0 unspecified atom stereocenters. The molecule has 0 bridgehead atoms. The molecule has 0 atom stereocenters. The van der Waals surface area contributed by atoms with E-state index in [1.807, 2.05) is 37.3 Å². The van der Waals surface area contributed by atoms with Crippen LogP contribution in [0.5, 0.6) is 0 Å². The van der Waals surface area contributed by atoms with E-state index in [4.69, 9.17) is 0 Å². The van der Waals surface area contributed by atoms with Gasteiger partial charge in [0.1, 0.15) is 0 Å². The van der Waals surface area contributed by atoms with Gasteiger partial charge < -0.3 is 10.6 Å². The molecule has 2 aromatic carbocycles. The third kappa shape index (κ3) is 3.95. The molecule has 0 spiro atoms. The Labute approximate surface area is 151 Å². The fourth-order valence-electron chi connectivity index (χ4n) is 2.70. The molecule has 3 rings (SSSR count). The highest BCUT2D eigenvalue weighted by Crippen LogP contribution is 2.23.